The number of carbonyl (C=O) groups excluding carboxylic acids is 1. The normalized spacial score (nSPS) is 17.5. The molecule has 0 radical (unpaired) electrons. The minimum absolute atomic E-state index is 0.0330. The Balaban J connectivity index is 1.53. The quantitative estimate of drug-likeness (QED) is 0.787. The molecular weight excluding hydrogens is 376 g/mol. The maximum absolute atomic E-state index is 13.1. The SMILES string of the molecule is CN1C(=O)Cc2cc(S(=O)(=O)N3CCN(c4ccccc4C#N)CC3)ccc21. The van der Waals surface area contributed by atoms with Crippen molar-refractivity contribution in [3.05, 3.63) is 53.6 Å². The molecule has 7 nitrogen and oxygen atoms in total. The van der Waals surface area contributed by atoms with Gasteiger partial charge in [0.15, 0.2) is 0 Å². The Labute approximate surface area is 164 Å². The second kappa shape index (κ2) is 6.93. The summed E-state index contributed by atoms with van der Waals surface area (Å²) in [6.07, 6.45) is 0.230. The van der Waals surface area contributed by atoms with Crippen LogP contribution in [-0.2, 0) is 21.2 Å². The van der Waals surface area contributed by atoms with Crippen molar-refractivity contribution in [1.29, 1.82) is 5.26 Å². The van der Waals surface area contributed by atoms with Crippen molar-refractivity contribution in [2.45, 2.75) is 11.3 Å². The van der Waals surface area contributed by atoms with E-state index in [0.29, 0.717) is 31.7 Å². The van der Waals surface area contributed by atoms with E-state index in [4.69, 9.17) is 0 Å². The fraction of sp³-hybridized carbons (Fsp3) is 0.300. The van der Waals surface area contributed by atoms with Crippen LogP contribution in [0, 0.1) is 11.3 Å². The van der Waals surface area contributed by atoms with E-state index in [9.17, 15) is 18.5 Å². The van der Waals surface area contributed by atoms with Crippen molar-refractivity contribution in [2.24, 2.45) is 0 Å². The van der Waals surface area contributed by atoms with Crippen molar-refractivity contribution >= 4 is 27.3 Å². The van der Waals surface area contributed by atoms with E-state index >= 15 is 0 Å². The molecule has 0 saturated carbocycles. The van der Waals surface area contributed by atoms with Gasteiger partial charge in [0.05, 0.1) is 22.6 Å². The third kappa shape index (κ3) is 3.03. The largest absolute Gasteiger partial charge is 0.368 e. The van der Waals surface area contributed by atoms with E-state index in [1.165, 1.54) is 4.31 Å². The number of carbonyl (C=O) groups is 1. The van der Waals surface area contributed by atoms with Crippen LogP contribution in [0.15, 0.2) is 47.4 Å². The molecule has 1 saturated heterocycles. The second-order valence-electron chi connectivity index (χ2n) is 6.94. The van der Waals surface area contributed by atoms with E-state index in [1.807, 2.05) is 23.1 Å². The number of hydrogen-bond donors (Lipinski definition) is 0. The lowest BCUT2D eigenvalue weighted by molar-refractivity contribution is -0.117. The van der Waals surface area contributed by atoms with Crippen molar-refractivity contribution in [2.75, 3.05) is 43.0 Å². The van der Waals surface area contributed by atoms with E-state index in [0.717, 1.165) is 16.9 Å². The summed E-state index contributed by atoms with van der Waals surface area (Å²) in [5.41, 5.74) is 2.93. The van der Waals surface area contributed by atoms with Gasteiger partial charge in [-0.15, -0.1) is 0 Å². The molecule has 2 aliphatic rings. The zero-order valence-electron chi connectivity index (χ0n) is 15.5. The molecule has 0 atom stereocenters. The van der Waals surface area contributed by atoms with Crippen LogP contribution in [-0.4, -0.2) is 51.9 Å². The summed E-state index contributed by atoms with van der Waals surface area (Å²) in [6.45, 7) is 1.73. The fourth-order valence-corrected chi connectivity index (χ4v) is 5.24. The number of rotatable bonds is 3. The van der Waals surface area contributed by atoms with Crippen molar-refractivity contribution in [1.82, 2.24) is 4.31 Å². The van der Waals surface area contributed by atoms with Crippen molar-refractivity contribution < 1.29 is 13.2 Å². The van der Waals surface area contributed by atoms with Gasteiger partial charge >= 0.3 is 0 Å². The Morgan fingerprint density at radius 3 is 2.43 bits per heavy atom. The molecule has 1 fully saturated rings. The monoisotopic (exact) mass is 396 g/mol. The molecule has 8 heteroatoms. The Hall–Kier alpha value is -2.89. The zero-order chi connectivity index (χ0) is 19.9. The van der Waals surface area contributed by atoms with Crippen LogP contribution in [0.4, 0.5) is 11.4 Å². The van der Waals surface area contributed by atoms with Gasteiger partial charge in [-0.25, -0.2) is 8.42 Å². The molecule has 2 aromatic carbocycles. The van der Waals surface area contributed by atoms with Crippen LogP contribution in [0.5, 0.6) is 0 Å². The number of sulfonamides is 1. The molecule has 0 N–H and O–H groups in total. The third-order valence-corrected chi connectivity index (χ3v) is 7.26. The summed E-state index contributed by atoms with van der Waals surface area (Å²) < 4.78 is 27.6. The highest BCUT2D eigenvalue weighted by Gasteiger charge is 2.31. The number of nitrogens with zero attached hydrogens (tertiary/aromatic N) is 4. The van der Waals surface area contributed by atoms with Gasteiger partial charge in [-0.05, 0) is 35.9 Å². The average molecular weight is 396 g/mol. The maximum atomic E-state index is 13.1. The van der Waals surface area contributed by atoms with Crippen LogP contribution in [0.25, 0.3) is 0 Å². The molecule has 1 amide bonds. The first-order valence-electron chi connectivity index (χ1n) is 9.05. The number of nitriles is 1. The molecule has 0 spiro atoms. The van der Waals surface area contributed by atoms with Gasteiger partial charge in [-0.3, -0.25) is 4.79 Å². The zero-order valence-corrected chi connectivity index (χ0v) is 16.3. The van der Waals surface area contributed by atoms with Gasteiger partial charge in [0, 0.05) is 38.9 Å². The number of para-hydroxylation sites is 1. The van der Waals surface area contributed by atoms with Gasteiger partial charge < -0.3 is 9.80 Å². The Bertz CT molecular complexity index is 1080. The van der Waals surface area contributed by atoms with Gasteiger partial charge in [0.2, 0.25) is 15.9 Å². The van der Waals surface area contributed by atoms with Crippen LogP contribution < -0.4 is 9.80 Å². The first-order chi connectivity index (χ1) is 13.4. The molecule has 2 heterocycles. The van der Waals surface area contributed by atoms with E-state index in [2.05, 4.69) is 6.07 Å². The lowest BCUT2D eigenvalue weighted by Crippen LogP contribution is -2.48. The highest BCUT2D eigenvalue weighted by molar-refractivity contribution is 7.89. The summed E-state index contributed by atoms with van der Waals surface area (Å²) in [6, 6.07) is 14.4. The average Bonchev–Trinajstić information content (AvgIpc) is 3.01. The number of anilines is 2. The van der Waals surface area contributed by atoms with E-state index in [-0.39, 0.29) is 17.2 Å². The Kier molecular flexibility index (Phi) is 4.57. The molecule has 2 aromatic rings. The van der Waals surface area contributed by atoms with Crippen LogP contribution in [0.2, 0.25) is 0 Å². The highest BCUT2D eigenvalue weighted by Crippen LogP contribution is 2.31. The van der Waals surface area contributed by atoms with Crippen LogP contribution in [0.3, 0.4) is 0 Å². The number of likely N-dealkylation sites (N-methyl/N-ethyl adjacent to an activating group) is 1. The minimum atomic E-state index is -3.63. The summed E-state index contributed by atoms with van der Waals surface area (Å²) in [5, 5.41) is 9.28. The molecule has 2 aliphatic heterocycles. The summed E-state index contributed by atoms with van der Waals surface area (Å²) in [7, 11) is -1.93. The van der Waals surface area contributed by atoms with Crippen molar-refractivity contribution in [3.63, 3.8) is 0 Å². The van der Waals surface area contributed by atoms with Crippen LogP contribution in [0.1, 0.15) is 11.1 Å². The fourth-order valence-electron chi connectivity index (χ4n) is 3.77. The van der Waals surface area contributed by atoms with Gasteiger partial charge in [-0.2, -0.15) is 9.57 Å². The van der Waals surface area contributed by atoms with Gasteiger partial charge in [-0.1, -0.05) is 12.1 Å². The maximum Gasteiger partial charge on any atom is 0.243 e. The van der Waals surface area contributed by atoms with Crippen LogP contribution >= 0.6 is 0 Å². The lowest BCUT2D eigenvalue weighted by Gasteiger charge is -2.35. The van der Waals surface area contributed by atoms with E-state index in [1.54, 1.807) is 36.2 Å². The molecule has 0 unspecified atom stereocenters. The van der Waals surface area contributed by atoms with Gasteiger partial charge in [0.25, 0.3) is 0 Å². The first kappa shape index (κ1) is 18.5. The Morgan fingerprint density at radius 2 is 1.71 bits per heavy atom. The second-order valence-corrected chi connectivity index (χ2v) is 8.88. The molecule has 144 valence electrons. The number of amides is 1. The molecule has 28 heavy (non-hydrogen) atoms. The molecule has 0 aliphatic carbocycles. The summed E-state index contributed by atoms with van der Waals surface area (Å²) in [4.78, 5) is 15.7. The summed E-state index contributed by atoms with van der Waals surface area (Å²) >= 11 is 0. The predicted octanol–water partition coefficient (Wildman–Crippen LogP) is 1.59. The smallest absolute Gasteiger partial charge is 0.243 e. The number of fused-ring (bicyclic) bond motifs is 1. The topological polar surface area (TPSA) is 84.7 Å². The number of piperazine rings is 1. The van der Waals surface area contributed by atoms with Gasteiger partial charge in [0.1, 0.15) is 6.07 Å². The molecule has 4 rings (SSSR count). The first-order valence-corrected chi connectivity index (χ1v) is 10.5. The molecular formula is C20H20N4O3S. The minimum Gasteiger partial charge on any atom is -0.368 e. The molecule has 0 bridgehead atoms. The number of benzene rings is 2. The predicted molar refractivity (Wildman–Crippen MR) is 106 cm³/mol. The third-order valence-electron chi connectivity index (χ3n) is 5.37. The lowest BCUT2D eigenvalue weighted by atomic mass is 10.1. The van der Waals surface area contributed by atoms with Crippen molar-refractivity contribution in [3.8, 4) is 6.07 Å². The standard InChI is InChI=1S/C20H20N4O3S/c1-22-18-7-6-17(12-16(18)13-20(22)25)28(26,27)24-10-8-23(9-11-24)19-5-3-2-4-15(19)14-21/h2-7,12H,8-11,13H2,1H3. The summed E-state index contributed by atoms with van der Waals surface area (Å²) in [5.74, 6) is -0.0330. The highest BCUT2D eigenvalue weighted by atomic mass is 32.2. The Morgan fingerprint density at radius 1 is 1.00 bits per heavy atom. The number of hydrogen-bond acceptors (Lipinski definition) is 5. The molecule has 0 aromatic heterocycles. The van der Waals surface area contributed by atoms with E-state index < -0.39 is 10.0 Å².